The average Bonchev–Trinajstić information content (AvgIpc) is 2.87. The standard InChI is InChI=1S/C19H20N6O3/c26-17(12-25-19(28)24-11-5-1-2-8-16(24)23-25)21-22-18(27)15-10-9-13-6-3-4-7-14(13)20-15/h3-4,6-7,9-10H,1-2,5,8,11-12H2,(H,21,26)(H,22,27). The van der Waals surface area contributed by atoms with Crippen molar-refractivity contribution in [3.05, 3.63) is 58.4 Å². The van der Waals surface area contributed by atoms with E-state index in [4.69, 9.17) is 0 Å². The Bertz CT molecular complexity index is 1100. The van der Waals surface area contributed by atoms with Crippen LogP contribution in [0.3, 0.4) is 0 Å². The number of para-hydroxylation sites is 1. The number of benzene rings is 1. The molecule has 9 heteroatoms. The van der Waals surface area contributed by atoms with E-state index in [1.165, 1.54) is 0 Å². The Kier molecular flexibility index (Phi) is 4.88. The number of hydrogen-bond acceptors (Lipinski definition) is 5. The van der Waals surface area contributed by atoms with E-state index in [0.29, 0.717) is 17.9 Å². The molecule has 4 rings (SSSR count). The Hall–Kier alpha value is -3.49. The average molecular weight is 380 g/mol. The van der Waals surface area contributed by atoms with Crippen LogP contribution in [0.4, 0.5) is 0 Å². The van der Waals surface area contributed by atoms with Gasteiger partial charge in [0.25, 0.3) is 11.8 Å². The normalized spacial score (nSPS) is 13.6. The van der Waals surface area contributed by atoms with Crippen molar-refractivity contribution in [3.8, 4) is 0 Å². The number of aromatic nitrogens is 4. The molecule has 1 aliphatic heterocycles. The number of hydrogen-bond donors (Lipinski definition) is 2. The van der Waals surface area contributed by atoms with Gasteiger partial charge in [-0.1, -0.05) is 30.7 Å². The second-order valence-corrected chi connectivity index (χ2v) is 6.71. The van der Waals surface area contributed by atoms with Crippen LogP contribution in [0.15, 0.2) is 41.2 Å². The number of nitrogens with zero attached hydrogens (tertiary/aromatic N) is 4. The molecule has 0 unspecified atom stereocenters. The van der Waals surface area contributed by atoms with Crippen molar-refractivity contribution < 1.29 is 9.59 Å². The fourth-order valence-corrected chi connectivity index (χ4v) is 3.29. The quantitative estimate of drug-likeness (QED) is 0.653. The summed E-state index contributed by atoms with van der Waals surface area (Å²) in [6.07, 6.45) is 3.71. The van der Waals surface area contributed by atoms with Gasteiger partial charge in [0.1, 0.15) is 18.1 Å². The van der Waals surface area contributed by atoms with Gasteiger partial charge in [0.2, 0.25) is 0 Å². The van der Waals surface area contributed by atoms with E-state index < -0.39 is 11.8 Å². The van der Waals surface area contributed by atoms with E-state index in [9.17, 15) is 14.4 Å². The molecule has 28 heavy (non-hydrogen) atoms. The first-order valence-electron chi connectivity index (χ1n) is 9.23. The zero-order valence-electron chi connectivity index (χ0n) is 15.2. The molecule has 0 radical (unpaired) electrons. The number of amides is 2. The maximum atomic E-state index is 12.4. The van der Waals surface area contributed by atoms with E-state index in [1.54, 1.807) is 22.8 Å². The molecule has 2 N–H and O–H groups in total. The lowest BCUT2D eigenvalue weighted by molar-refractivity contribution is -0.122. The van der Waals surface area contributed by atoms with Gasteiger partial charge in [-0.05, 0) is 25.0 Å². The van der Waals surface area contributed by atoms with Crippen molar-refractivity contribution in [1.82, 2.24) is 30.2 Å². The lowest BCUT2D eigenvalue weighted by Gasteiger charge is -2.07. The second-order valence-electron chi connectivity index (χ2n) is 6.71. The molecule has 1 aliphatic rings. The minimum absolute atomic E-state index is 0.185. The van der Waals surface area contributed by atoms with Crippen molar-refractivity contribution in [2.45, 2.75) is 38.8 Å². The highest BCUT2D eigenvalue weighted by atomic mass is 16.2. The molecular formula is C19H20N6O3. The molecular weight excluding hydrogens is 360 g/mol. The van der Waals surface area contributed by atoms with Gasteiger partial charge in [-0.2, -0.15) is 5.10 Å². The first-order chi connectivity index (χ1) is 13.6. The van der Waals surface area contributed by atoms with Gasteiger partial charge >= 0.3 is 5.69 Å². The molecule has 0 fully saturated rings. The molecule has 0 saturated heterocycles. The van der Waals surface area contributed by atoms with Crippen molar-refractivity contribution in [2.75, 3.05) is 0 Å². The molecule has 0 bridgehead atoms. The third kappa shape index (κ3) is 3.64. The third-order valence-corrected chi connectivity index (χ3v) is 4.72. The predicted octanol–water partition coefficient (Wildman–Crippen LogP) is 0.781. The van der Waals surface area contributed by atoms with Crippen LogP contribution < -0.4 is 16.5 Å². The largest absolute Gasteiger partial charge is 0.346 e. The van der Waals surface area contributed by atoms with Crippen molar-refractivity contribution in [2.24, 2.45) is 0 Å². The first kappa shape index (κ1) is 17.9. The summed E-state index contributed by atoms with van der Waals surface area (Å²) in [6.45, 7) is 0.365. The Balaban J connectivity index is 1.39. The minimum Gasteiger partial charge on any atom is -0.279 e. The third-order valence-electron chi connectivity index (χ3n) is 4.72. The molecule has 0 aliphatic carbocycles. The summed E-state index contributed by atoms with van der Waals surface area (Å²) < 4.78 is 2.76. The lowest BCUT2D eigenvalue weighted by atomic mass is 10.2. The van der Waals surface area contributed by atoms with E-state index >= 15 is 0 Å². The summed E-state index contributed by atoms with van der Waals surface area (Å²) in [4.78, 5) is 41.0. The number of nitrogens with one attached hydrogen (secondary N) is 2. The topological polar surface area (TPSA) is 111 Å². The molecule has 0 saturated carbocycles. The van der Waals surface area contributed by atoms with E-state index in [2.05, 4.69) is 20.9 Å². The van der Waals surface area contributed by atoms with Gasteiger partial charge < -0.3 is 0 Å². The van der Waals surface area contributed by atoms with Gasteiger partial charge in [-0.3, -0.25) is 25.0 Å². The molecule has 0 spiro atoms. The van der Waals surface area contributed by atoms with Crippen LogP contribution in [0.1, 0.15) is 35.6 Å². The summed E-state index contributed by atoms with van der Waals surface area (Å²) in [7, 11) is 0. The Labute approximate surface area is 160 Å². The molecule has 2 amide bonds. The van der Waals surface area contributed by atoms with Gasteiger partial charge in [0.05, 0.1) is 5.52 Å². The summed E-state index contributed by atoms with van der Waals surface area (Å²) >= 11 is 0. The number of pyridine rings is 1. The maximum absolute atomic E-state index is 12.4. The fraction of sp³-hybridized carbons (Fsp3) is 0.316. The fourth-order valence-electron chi connectivity index (χ4n) is 3.29. The highest BCUT2D eigenvalue weighted by Crippen LogP contribution is 2.12. The van der Waals surface area contributed by atoms with E-state index in [1.807, 2.05) is 18.2 Å². The summed E-state index contributed by atoms with van der Waals surface area (Å²) in [5.41, 5.74) is 5.21. The first-order valence-corrected chi connectivity index (χ1v) is 9.23. The molecule has 9 nitrogen and oxygen atoms in total. The van der Waals surface area contributed by atoms with Crippen LogP contribution in [0.5, 0.6) is 0 Å². The minimum atomic E-state index is -0.538. The predicted molar refractivity (Wildman–Crippen MR) is 101 cm³/mol. The SMILES string of the molecule is O=C(Cn1nc2n(c1=O)CCCCC2)NNC(=O)c1ccc2ccccc2n1. The molecule has 2 aromatic heterocycles. The number of fused-ring (bicyclic) bond motifs is 2. The van der Waals surface area contributed by atoms with Crippen LogP contribution in [-0.4, -0.2) is 31.1 Å². The van der Waals surface area contributed by atoms with Gasteiger partial charge in [0.15, 0.2) is 0 Å². The van der Waals surface area contributed by atoms with Crippen LogP contribution >= 0.6 is 0 Å². The number of carbonyl (C=O) groups excluding carboxylic acids is 2. The molecule has 144 valence electrons. The zero-order valence-corrected chi connectivity index (χ0v) is 15.2. The van der Waals surface area contributed by atoms with Crippen molar-refractivity contribution in [3.63, 3.8) is 0 Å². The second kappa shape index (κ2) is 7.63. The Morgan fingerprint density at radius 2 is 1.89 bits per heavy atom. The van der Waals surface area contributed by atoms with Crippen molar-refractivity contribution in [1.29, 1.82) is 0 Å². The van der Waals surface area contributed by atoms with Gasteiger partial charge in [-0.25, -0.2) is 14.5 Å². The summed E-state index contributed by atoms with van der Waals surface area (Å²) in [6, 6.07) is 10.8. The molecule has 0 atom stereocenters. The summed E-state index contributed by atoms with van der Waals surface area (Å²) in [5.74, 6) is -0.365. The van der Waals surface area contributed by atoms with Crippen LogP contribution in [-0.2, 0) is 24.3 Å². The van der Waals surface area contributed by atoms with E-state index in [0.717, 1.165) is 35.8 Å². The molecule has 3 aromatic rings. The number of hydrazine groups is 1. The number of rotatable bonds is 3. The van der Waals surface area contributed by atoms with Crippen LogP contribution in [0.25, 0.3) is 10.9 Å². The highest BCUT2D eigenvalue weighted by Gasteiger charge is 2.17. The van der Waals surface area contributed by atoms with Crippen LogP contribution in [0, 0.1) is 0 Å². The van der Waals surface area contributed by atoms with Gasteiger partial charge in [0, 0.05) is 18.4 Å². The molecule has 1 aromatic carbocycles. The Morgan fingerprint density at radius 1 is 1.04 bits per heavy atom. The number of carbonyl (C=O) groups is 2. The molecule has 3 heterocycles. The summed E-state index contributed by atoms with van der Waals surface area (Å²) in [5, 5.41) is 5.17. The maximum Gasteiger partial charge on any atom is 0.346 e. The zero-order chi connectivity index (χ0) is 19.5. The smallest absolute Gasteiger partial charge is 0.279 e. The lowest BCUT2D eigenvalue weighted by Crippen LogP contribution is -2.44. The number of aryl methyl sites for hydroxylation is 1. The Morgan fingerprint density at radius 3 is 2.79 bits per heavy atom. The van der Waals surface area contributed by atoms with Gasteiger partial charge in [-0.15, -0.1) is 0 Å². The van der Waals surface area contributed by atoms with Crippen molar-refractivity contribution >= 4 is 22.7 Å². The monoisotopic (exact) mass is 380 g/mol. The van der Waals surface area contributed by atoms with E-state index in [-0.39, 0.29) is 17.9 Å². The van der Waals surface area contributed by atoms with Crippen LogP contribution in [0.2, 0.25) is 0 Å². The highest BCUT2D eigenvalue weighted by molar-refractivity contribution is 5.95.